The molecule has 1 unspecified atom stereocenters. The lowest BCUT2D eigenvalue weighted by Gasteiger charge is -2.15. The first-order valence-corrected chi connectivity index (χ1v) is 6.02. The number of rotatable bonds is 4. The van der Waals surface area contributed by atoms with Crippen LogP contribution in [-0.4, -0.2) is 5.11 Å². The van der Waals surface area contributed by atoms with Gasteiger partial charge in [-0.3, -0.25) is 0 Å². The second-order valence-corrected chi connectivity index (χ2v) is 4.43. The number of hydrogen-bond acceptors (Lipinski definition) is 2. The molecule has 0 fully saturated rings. The SMILES string of the molecule is CC(NCc1cc(F)ccc1O)c1cccc(F)c1. The Morgan fingerprint density at radius 2 is 1.84 bits per heavy atom. The zero-order valence-electron chi connectivity index (χ0n) is 10.5. The monoisotopic (exact) mass is 263 g/mol. The minimum absolute atomic E-state index is 0.0420. The van der Waals surface area contributed by atoms with E-state index >= 15 is 0 Å². The van der Waals surface area contributed by atoms with Crippen LogP contribution in [-0.2, 0) is 6.54 Å². The molecule has 2 rings (SSSR count). The Bertz CT molecular complexity index is 572. The minimum Gasteiger partial charge on any atom is -0.508 e. The first-order chi connectivity index (χ1) is 9.06. The van der Waals surface area contributed by atoms with Gasteiger partial charge in [0.1, 0.15) is 17.4 Å². The molecule has 2 aromatic carbocycles. The van der Waals surface area contributed by atoms with Gasteiger partial charge in [0, 0.05) is 18.2 Å². The van der Waals surface area contributed by atoms with Crippen LogP contribution in [0, 0.1) is 11.6 Å². The van der Waals surface area contributed by atoms with Crippen molar-refractivity contribution in [3.8, 4) is 5.75 Å². The third kappa shape index (κ3) is 3.51. The molecule has 100 valence electrons. The summed E-state index contributed by atoms with van der Waals surface area (Å²) >= 11 is 0. The molecule has 0 aliphatic heterocycles. The molecule has 19 heavy (non-hydrogen) atoms. The highest BCUT2D eigenvalue weighted by Crippen LogP contribution is 2.19. The van der Waals surface area contributed by atoms with Crippen molar-refractivity contribution in [2.75, 3.05) is 0 Å². The van der Waals surface area contributed by atoms with E-state index in [0.29, 0.717) is 12.1 Å². The molecule has 0 amide bonds. The molecule has 0 aliphatic rings. The molecule has 2 N–H and O–H groups in total. The van der Waals surface area contributed by atoms with Crippen molar-refractivity contribution in [1.29, 1.82) is 0 Å². The van der Waals surface area contributed by atoms with Crippen LogP contribution < -0.4 is 5.32 Å². The van der Waals surface area contributed by atoms with E-state index < -0.39 is 5.82 Å². The van der Waals surface area contributed by atoms with Gasteiger partial charge in [-0.25, -0.2) is 8.78 Å². The molecule has 0 aliphatic carbocycles. The average Bonchev–Trinajstić information content (AvgIpc) is 2.39. The summed E-state index contributed by atoms with van der Waals surface area (Å²) in [5, 5.41) is 12.7. The summed E-state index contributed by atoms with van der Waals surface area (Å²) < 4.78 is 26.1. The molecular weight excluding hydrogens is 248 g/mol. The lowest BCUT2D eigenvalue weighted by Crippen LogP contribution is -2.18. The van der Waals surface area contributed by atoms with Crippen LogP contribution in [0.3, 0.4) is 0 Å². The molecule has 2 nitrogen and oxygen atoms in total. The molecule has 0 aromatic heterocycles. The van der Waals surface area contributed by atoms with E-state index in [2.05, 4.69) is 5.32 Å². The van der Waals surface area contributed by atoms with Gasteiger partial charge in [-0.2, -0.15) is 0 Å². The Hall–Kier alpha value is -1.94. The molecule has 1 atom stereocenters. The van der Waals surface area contributed by atoms with E-state index in [0.717, 1.165) is 5.56 Å². The van der Waals surface area contributed by atoms with Crippen molar-refractivity contribution in [3.05, 3.63) is 65.2 Å². The van der Waals surface area contributed by atoms with Crippen molar-refractivity contribution in [3.63, 3.8) is 0 Å². The summed E-state index contributed by atoms with van der Waals surface area (Å²) in [6, 6.07) is 9.99. The minimum atomic E-state index is -0.395. The summed E-state index contributed by atoms with van der Waals surface area (Å²) in [6.45, 7) is 2.19. The van der Waals surface area contributed by atoms with Gasteiger partial charge in [0.2, 0.25) is 0 Å². The predicted octanol–water partition coefficient (Wildman–Crippen LogP) is 3.52. The van der Waals surface area contributed by atoms with Gasteiger partial charge in [0.15, 0.2) is 0 Å². The molecule has 0 heterocycles. The van der Waals surface area contributed by atoms with Crippen LogP contribution in [0.25, 0.3) is 0 Å². The number of aromatic hydroxyl groups is 1. The van der Waals surface area contributed by atoms with Crippen LogP contribution in [0.2, 0.25) is 0 Å². The van der Waals surface area contributed by atoms with E-state index in [-0.39, 0.29) is 17.6 Å². The van der Waals surface area contributed by atoms with Crippen molar-refractivity contribution in [2.24, 2.45) is 0 Å². The number of hydrogen-bond donors (Lipinski definition) is 2. The molecular formula is C15H15F2NO. The first kappa shape index (κ1) is 13.5. The standard InChI is InChI=1S/C15H15F2NO/c1-10(11-3-2-4-13(16)7-11)18-9-12-8-14(17)5-6-15(12)19/h2-8,10,18-19H,9H2,1H3. The zero-order chi connectivity index (χ0) is 13.8. The van der Waals surface area contributed by atoms with Gasteiger partial charge in [0.05, 0.1) is 0 Å². The maximum Gasteiger partial charge on any atom is 0.123 e. The van der Waals surface area contributed by atoms with Crippen LogP contribution in [0.4, 0.5) is 8.78 Å². The van der Waals surface area contributed by atoms with Crippen LogP contribution in [0.1, 0.15) is 24.1 Å². The van der Waals surface area contributed by atoms with E-state index in [1.165, 1.54) is 30.3 Å². The summed E-state index contributed by atoms with van der Waals surface area (Å²) in [4.78, 5) is 0. The second-order valence-electron chi connectivity index (χ2n) is 4.43. The Balaban J connectivity index is 2.04. The highest BCUT2D eigenvalue weighted by Gasteiger charge is 2.08. The van der Waals surface area contributed by atoms with Crippen LogP contribution >= 0.6 is 0 Å². The smallest absolute Gasteiger partial charge is 0.123 e. The summed E-state index contributed by atoms with van der Waals surface area (Å²) in [6.07, 6.45) is 0. The fraction of sp³-hybridized carbons (Fsp3) is 0.200. The molecule has 0 saturated carbocycles. The molecule has 0 bridgehead atoms. The second kappa shape index (κ2) is 5.80. The normalized spacial score (nSPS) is 12.4. The van der Waals surface area contributed by atoms with Crippen molar-refractivity contribution in [1.82, 2.24) is 5.32 Å². The molecule has 4 heteroatoms. The molecule has 0 radical (unpaired) electrons. The lowest BCUT2D eigenvalue weighted by molar-refractivity contribution is 0.457. The Labute approximate surface area is 110 Å². The maximum absolute atomic E-state index is 13.1. The topological polar surface area (TPSA) is 32.3 Å². The van der Waals surface area contributed by atoms with Gasteiger partial charge in [0.25, 0.3) is 0 Å². The largest absolute Gasteiger partial charge is 0.508 e. The molecule has 2 aromatic rings. The van der Waals surface area contributed by atoms with Crippen LogP contribution in [0.5, 0.6) is 5.75 Å². The zero-order valence-corrected chi connectivity index (χ0v) is 10.5. The van der Waals surface area contributed by atoms with Crippen LogP contribution in [0.15, 0.2) is 42.5 Å². The van der Waals surface area contributed by atoms with Crippen molar-refractivity contribution in [2.45, 2.75) is 19.5 Å². The quantitative estimate of drug-likeness (QED) is 0.884. The van der Waals surface area contributed by atoms with E-state index in [1.54, 1.807) is 6.07 Å². The lowest BCUT2D eigenvalue weighted by atomic mass is 10.1. The van der Waals surface area contributed by atoms with E-state index in [4.69, 9.17) is 0 Å². The maximum atomic E-state index is 13.1. The number of phenolic OH excluding ortho intramolecular Hbond substituents is 1. The van der Waals surface area contributed by atoms with Crippen molar-refractivity contribution < 1.29 is 13.9 Å². The van der Waals surface area contributed by atoms with Gasteiger partial charge in [-0.05, 0) is 42.8 Å². The highest BCUT2D eigenvalue weighted by atomic mass is 19.1. The fourth-order valence-corrected chi connectivity index (χ4v) is 1.85. The highest BCUT2D eigenvalue weighted by molar-refractivity contribution is 5.32. The third-order valence-corrected chi connectivity index (χ3v) is 2.99. The van der Waals surface area contributed by atoms with Crippen molar-refractivity contribution >= 4 is 0 Å². The predicted molar refractivity (Wildman–Crippen MR) is 69.7 cm³/mol. The number of halogens is 2. The van der Waals surface area contributed by atoms with Gasteiger partial charge in [-0.1, -0.05) is 12.1 Å². The number of nitrogens with one attached hydrogen (secondary N) is 1. The number of phenols is 1. The molecule has 0 spiro atoms. The van der Waals surface area contributed by atoms with Gasteiger partial charge in [-0.15, -0.1) is 0 Å². The van der Waals surface area contributed by atoms with E-state index in [1.807, 2.05) is 13.0 Å². The third-order valence-electron chi connectivity index (χ3n) is 2.99. The van der Waals surface area contributed by atoms with E-state index in [9.17, 15) is 13.9 Å². The van der Waals surface area contributed by atoms with Gasteiger partial charge < -0.3 is 10.4 Å². The molecule has 0 saturated heterocycles. The summed E-state index contributed by atoms with van der Waals surface area (Å²) in [5.74, 6) is -0.645. The average molecular weight is 263 g/mol. The fourth-order valence-electron chi connectivity index (χ4n) is 1.85. The summed E-state index contributed by atoms with van der Waals surface area (Å²) in [7, 11) is 0. The Morgan fingerprint density at radius 1 is 1.11 bits per heavy atom. The van der Waals surface area contributed by atoms with Gasteiger partial charge >= 0.3 is 0 Å². The number of benzene rings is 2. The Kier molecular flexibility index (Phi) is 4.12. The Morgan fingerprint density at radius 3 is 2.58 bits per heavy atom. The first-order valence-electron chi connectivity index (χ1n) is 6.02. The summed E-state index contributed by atoms with van der Waals surface area (Å²) in [5.41, 5.74) is 1.28.